The van der Waals surface area contributed by atoms with Crippen molar-refractivity contribution in [2.45, 2.75) is 56.5 Å². The molecule has 13 heteroatoms. The molecule has 1 unspecified atom stereocenters. The Balaban J connectivity index is 1.66. The number of ether oxygens (including phenoxy) is 1. The second-order valence-electron chi connectivity index (χ2n) is 9.17. The summed E-state index contributed by atoms with van der Waals surface area (Å²) in [5.74, 6) is -0.887. The first kappa shape index (κ1) is 26.3. The van der Waals surface area contributed by atoms with Crippen LogP contribution in [-0.4, -0.2) is 38.9 Å². The summed E-state index contributed by atoms with van der Waals surface area (Å²) in [5.41, 5.74) is -3.18. The molecule has 38 heavy (non-hydrogen) atoms. The lowest BCUT2D eigenvalue weighted by Crippen LogP contribution is -2.45. The Kier molecular flexibility index (Phi) is 7.23. The van der Waals surface area contributed by atoms with E-state index >= 15 is 0 Å². The topological polar surface area (TPSA) is 107 Å². The van der Waals surface area contributed by atoms with Crippen LogP contribution >= 0.6 is 15.9 Å². The molecule has 0 amide bonds. The van der Waals surface area contributed by atoms with Gasteiger partial charge in [-0.1, -0.05) is 42.5 Å². The highest BCUT2D eigenvalue weighted by Crippen LogP contribution is 2.47. The fourth-order valence-corrected chi connectivity index (χ4v) is 5.37. The first-order valence-electron chi connectivity index (χ1n) is 12.0. The lowest BCUT2D eigenvalue weighted by molar-refractivity contribution is -0.384. The van der Waals surface area contributed by atoms with Crippen molar-refractivity contribution in [3.8, 4) is 11.6 Å². The van der Waals surface area contributed by atoms with Crippen LogP contribution < -0.4 is 4.90 Å². The highest BCUT2D eigenvalue weighted by molar-refractivity contribution is 9.10. The molecule has 1 fully saturated rings. The summed E-state index contributed by atoms with van der Waals surface area (Å²) in [6.45, 7) is 0.320. The first-order chi connectivity index (χ1) is 18.2. The number of rotatable bonds is 4. The second kappa shape index (κ2) is 10.4. The maximum atomic E-state index is 14.8. The smallest absolute Gasteiger partial charge is 0.415 e. The molecule has 2 aromatic heterocycles. The molecule has 1 saturated heterocycles. The Morgan fingerprint density at radius 1 is 1.24 bits per heavy atom. The number of nitrogens with zero attached hydrogens (tertiary/aromatic N) is 5. The van der Waals surface area contributed by atoms with Crippen molar-refractivity contribution in [2.24, 2.45) is 0 Å². The largest absolute Gasteiger partial charge is 0.426 e. The molecule has 2 aliphatic heterocycles. The molecule has 1 aromatic carbocycles. The highest BCUT2D eigenvalue weighted by atomic mass is 79.9. The Labute approximate surface area is 224 Å². The molecular formula is C25H23BrF3N5O4. The summed E-state index contributed by atoms with van der Waals surface area (Å²) in [6.07, 6.45) is 0.466. The molecule has 4 bridgehead atoms. The standard InChI is InChI=1S/C25H23BrF3N5O4/c26-18-14-19(34(35)36)20-22-31-32-23(38-22)24(25(27,28)29,37-15-16-8-3-1-4-9-16)12-6-2-5-10-17-11-7-13-33(17)21(18)30-20/h1-5,8-9,14,17H,6-7,10-13,15H2/t17-,24?/m1/s1. The van der Waals surface area contributed by atoms with Crippen molar-refractivity contribution in [3.05, 3.63) is 74.6 Å². The molecule has 3 aromatic rings. The van der Waals surface area contributed by atoms with E-state index in [2.05, 4.69) is 31.1 Å². The van der Waals surface area contributed by atoms with Gasteiger partial charge in [0.2, 0.25) is 11.3 Å². The third-order valence-electron chi connectivity index (χ3n) is 6.78. The van der Waals surface area contributed by atoms with E-state index in [-0.39, 0.29) is 24.8 Å². The number of anilines is 1. The van der Waals surface area contributed by atoms with Crippen LogP contribution in [-0.2, 0) is 16.9 Å². The van der Waals surface area contributed by atoms with Crippen LogP contribution in [0.3, 0.4) is 0 Å². The van der Waals surface area contributed by atoms with Gasteiger partial charge < -0.3 is 14.1 Å². The lowest BCUT2D eigenvalue weighted by Gasteiger charge is -2.32. The van der Waals surface area contributed by atoms with Crippen LogP contribution in [0.5, 0.6) is 0 Å². The zero-order valence-electron chi connectivity index (χ0n) is 20.0. The van der Waals surface area contributed by atoms with Gasteiger partial charge in [0.1, 0.15) is 5.82 Å². The van der Waals surface area contributed by atoms with Gasteiger partial charge in [-0.3, -0.25) is 10.1 Å². The van der Waals surface area contributed by atoms with Gasteiger partial charge in [-0.25, -0.2) is 4.98 Å². The maximum absolute atomic E-state index is 14.8. The zero-order valence-corrected chi connectivity index (χ0v) is 21.6. The average Bonchev–Trinajstić information content (AvgIpc) is 3.55. The van der Waals surface area contributed by atoms with Crippen molar-refractivity contribution in [1.29, 1.82) is 0 Å². The van der Waals surface area contributed by atoms with Gasteiger partial charge in [-0.2, -0.15) is 13.2 Å². The number of nitro groups is 1. The predicted molar refractivity (Wildman–Crippen MR) is 134 cm³/mol. The van der Waals surface area contributed by atoms with Crippen LogP contribution in [0, 0.1) is 10.1 Å². The lowest BCUT2D eigenvalue weighted by atomic mass is 9.95. The minimum absolute atomic E-state index is 0.0339. The summed E-state index contributed by atoms with van der Waals surface area (Å²) in [7, 11) is 0. The van der Waals surface area contributed by atoms with Crippen LogP contribution in [0.4, 0.5) is 24.7 Å². The van der Waals surface area contributed by atoms with E-state index < -0.39 is 40.6 Å². The van der Waals surface area contributed by atoms with E-state index in [1.165, 1.54) is 6.07 Å². The zero-order chi connectivity index (χ0) is 26.9. The molecule has 0 spiro atoms. The molecule has 2 atom stereocenters. The minimum Gasteiger partial charge on any atom is -0.415 e. The predicted octanol–water partition coefficient (Wildman–Crippen LogP) is 6.49. The quantitative estimate of drug-likeness (QED) is 0.192. The van der Waals surface area contributed by atoms with Crippen LogP contribution in [0.2, 0.25) is 0 Å². The number of hydrogen-bond donors (Lipinski definition) is 0. The Morgan fingerprint density at radius 3 is 2.76 bits per heavy atom. The van der Waals surface area contributed by atoms with Gasteiger partial charge in [-0.15, -0.1) is 10.2 Å². The SMILES string of the molecule is O=[N+]([O-])c1cc(Br)c2nc1-c1nnc(o1)C(OCc1ccccc1)(C(F)(F)F)CCC=CC[C@@H]1CCCN21. The van der Waals surface area contributed by atoms with Gasteiger partial charge >= 0.3 is 11.9 Å². The van der Waals surface area contributed by atoms with E-state index in [1.807, 2.05) is 11.0 Å². The van der Waals surface area contributed by atoms with Gasteiger partial charge in [0.15, 0.2) is 0 Å². The second-order valence-corrected chi connectivity index (χ2v) is 10.0. The molecule has 200 valence electrons. The fourth-order valence-electron chi connectivity index (χ4n) is 4.83. The third kappa shape index (κ3) is 4.92. The van der Waals surface area contributed by atoms with E-state index in [1.54, 1.807) is 36.4 Å². The summed E-state index contributed by atoms with van der Waals surface area (Å²) in [6, 6.07) is 9.74. The number of allylic oxidation sites excluding steroid dienone is 1. The summed E-state index contributed by atoms with van der Waals surface area (Å²) in [4.78, 5) is 17.7. The molecule has 0 aliphatic carbocycles. The van der Waals surface area contributed by atoms with Gasteiger partial charge in [-0.05, 0) is 53.6 Å². The first-order valence-corrected chi connectivity index (χ1v) is 12.8. The van der Waals surface area contributed by atoms with E-state index in [4.69, 9.17) is 9.15 Å². The van der Waals surface area contributed by atoms with Crippen molar-refractivity contribution in [3.63, 3.8) is 0 Å². The van der Waals surface area contributed by atoms with Crippen molar-refractivity contribution >= 4 is 27.4 Å². The highest BCUT2D eigenvalue weighted by Gasteiger charge is 2.61. The van der Waals surface area contributed by atoms with Gasteiger partial charge in [0.25, 0.3) is 11.8 Å². The number of halogens is 4. The normalized spacial score (nSPS) is 21.7. The van der Waals surface area contributed by atoms with Crippen LogP contribution in [0.25, 0.3) is 11.6 Å². The number of aromatic nitrogens is 3. The molecule has 0 saturated carbocycles. The van der Waals surface area contributed by atoms with Gasteiger partial charge in [0, 0.05) is 18.7 Å². The monoisotopic (exact) mass is 593 g/mol. The number of alkyl halides is 3. The molecule has 9 nitrogen and oxygen atoms in total. The van der Waals surface area contributed by atoms with Crippen LogP contribution in [0.15, 0.2) is 57.4 Å². The minimum atomic E-state index is -4.93. The van der Waals surface area contributed by atoms with E-state index in [0.717, 1.165) is 12.8 Å². The Bertz CT molecular complexity index is 1350. The Morgan fingerprint density at radius 2 is 2.03 bits per heavy atom. The number of pyridine rings is 1. The van der Waals surface area contributed by atoms with E-state index in [9.17, 15) is 23.3 Å². The average molecular weight is 594 g/mol. The third-order valence-corrected chi connectivity index (χ3v) is 7.36. The maximum Gasteiger partial charge on any atom is 0.426 e. The number of benzene rings is 1. The molecule has 0 N–H and O–H groups in total. The molecule has 4 heterocycles. The molecular weight excluding hydrogens is 571 g/mol. The molecule has 5 rings (SSSR count). The van der Waals surface area contributed by atoms with Crippen molar-refractivity contribution in [2.75, 3.05) is 11.4 Å². The number of fused-ring (bicyclic) bond motifs is 7. The molecule has 0 radical (unpaired) electrons. The summed E-state index contributed by atoms with van der Waals surface area (Å²) < 4.78 is 55.9. The molecule has 2 aliphatic rings. The number of hydrogen-bond acceptors (Lipinski definition) is 8. The van der Waals surface area contributed by atoms with Crippen molar-refractivity contribution in [1.82, 2.24) is 15.2 Å². The summed E-state index contributed by atoms with van der Waals surface area (Å²) in [5, 5.41) is 19.4. The van der Waals surface area contributed by atoms with Gasteiger partial charge in [0.05, 0.1) is 16.0 Å². The Hall–Kier alpha value is -3.32. The fraction of sp³-hybridized carbons (Fsp3) is 0.400. The van der Waals surface area contributed by atoms with E-state index in [0.29, 0.717) is 28.8 Å². The van der Waals surface area contributed by atoms with Crippen LogP contribution in [0.1, 0.15) is 43.6 Å². The summed E-state index contributed by atoms with van der Waals surface area (Å²) >= 11 is 3.38. The van der Waals surface area contributed by atoms with Crippen molar-refractivity contribution < 1.29 is 27.2 Å².